The number of benzene rings is 1. The lowest BCUT2D eigenvalue weighted by atomic mass is 9.81. The number of para-hydroxylation sites is 1. The molecule has 1 amide bonds. The van der Waals surface area contributed by atoms with Crippen molar-refractivity contribution in [3.8, 4) is 0 Å². The molecule has 0 bridgehead atoms. The zero-order valence-corrected chi connectivity index (χ0v) is 14.3. The van der Waals surface area contributed by atoms with Crippen molar-refractivity contribution in [2.75, 3.05) is 0 Å². The number of hydrogen-bond donors (Lipinski definition) is 2. The van der Waals surface area contributed by atoms with E-state index < -0.39 is 23.1 Å². The summed E-state index contributed by atoms with van der Waals surface area (Å²) in [6, 6.07) is 3.66. The summed E-state index contributed by atoms with van der Waals surface area (Å²) in [7, 11) is 0. The predicted molar refractivity (Wildman–Crippen MR) is 90.8 cm³/mol. The molecule has 0 aliphatic heterocycles. The van der Waals surface area contributed by atoms with Gasteiger partial charge in [-0.1, -0.05) is 13.0 Å². The summed E-state index contributed by atoms with van der Waals surface area (Å²) >= 11 is 0. The van der Waals surface area contributed by atoms with Crippen LogP contribution in [0.3, 0.4) is 0 Å². The Morgan fingerprint density at radius 2 is 2.08 bits per heavy atom. The average molecular weight is 367 g/mol. The fraction of sp³-hybridized carbons (Fsp3) is 0.500. The number of carbonyl (C=O) groups is 1. The molecule has 1 aliphatic rings. The Morgan fingerprint density at radius 1 is 1.38 bits per heavy atom. The fourth-order valence-corrected chi connectivity index (χ4v) is 3.53. The number of nitrogens with zero attached hydrogens (tertiary/aromatic N) is 1. The number of nitrogens with one attached hydrogen (secondary N) is 2. The van der Waals surface area contributed by atoms with Crippen LogP contribution in [-0.4, -0.2) is 28.1 Å². The number of alkyl halides is 2. The van der Waals surface area contributed by atoms with Crippen LogP contribution in [0.2, 0.25) is 0 Å². The van der Waals surface area contributed by atoms with Gasteiger partial charge in [0.25, 0.3) is 5.91 Å². The zero-order valence-electron chi connectivity index (χ0n) is 14.3. The van der Waals surface area contributed by atoms with Crippen LogP contribution < -0.4 is 10.7 Å². The van der Waals surface area contributed by atoms with Gasteiger partial charge in [0.2, 0.25) is 11.4 Å². The van der Waals surface area contributed by atoms with Crippen LogP contribution >= 0.6 is 0 Å². The van der Waals surface area contributed by atoms with Crippen LogP contribution in [0.15, 0.2) is 23.0 Å². The van der Waals surface area contributed by atoms with Gasteiger partial charge < -0.3 is 5.32 Å². The molecule has 3 rings (SSSR count). The van der Waals surface area contributed by atoms with Crippen LogP contribution in [0, 0.1) is 11.7 Å². The standard InChI is InChI=1S/C18H20F3N3O2/c1-2-13(10-6-8-18(20,21)9-7-10)22-17(26)15-16(25)11-4-3-5-12(19)14(11)23-24-15/h3-5,10,13H,2,6-9H2,1H3,(H,22,26)(H,23,25). The first-order valence-electron chi connectivity index (χ1n) is 8.68. The molecule has 0 saturated heterocycles. The number of fused-ring (bicyclic) bond motifs is 1. The van der Waals surface area contributed by atoms with E-state index in [0.717, 1.165) is 0 Å². The monoisotopic (exact) mass is 367 g/mol. The number of halogens is 3. The summed E-state index contributed by atoms with van der Waals surface area (Å²) in [6.45, 7) is 1.85. The maximum atomic E-state index is 13.7. The first-order valence-corrected chi connectivity index (χ1v) is 8.68. The van der Waals surface area contributed by atoms with Crippen LogP contribution in [0.4, 0.5) is 13.2 Å². The highest BCUT2D eigenvalue weighted by atomic mass is 19.3. The molecule has 26 heavy (non-hydrogen) atoms. The van der Waals surface area contributed by atoms with Gasteiger partial charge >= 0.3 is 0 Å². The number of aromatic nitrogens is 2. The molecule has 1 heterocycles. The molecule has 1 atom stereocenters. The van der Waals surface area contributed by atoms with Gasteiger partial charge in [-0.25, -0.2) is 13.2 Å². The van der Waals surface area contributed by atoms with Crippen LogP contribution in [0.1, 0.15) is 49.5 Å². The summed E-state index contributed by atoms with van der Waals surface area (Å²) in [4.78, 5) is 24.9. The van der Waals surface area contributed by atoms with E-state index in [0.29, 0.717) is 19.3 Å². The Bertz CT molecular complexity index is 872. The first-order chi connectivity index (χ1) is 12.3. The molecule has 1 saturated carbocycles. The number of carbonyl (C=O) groups excluding carboxylic acids is 1. The Balaban J connectivity index is 1.80. The highest BCUT2D eigenvalue weighted by Crippen LogP contribution is 2.38. The van der Waals surface area contributed by atoms with E-state index in [1.807, 2.05) is 6.92 Å². The third-order valence-electron chi connectivity index (χ3n) is 5.06. The van der Waals surface area contributed by atoms with Crippen molar-refractivity contribution < 1.29 is 18.0 Å². The first kappa shape index (κ1) is 18.4. The topological polar surface area (TPSA) is 74.8 Å². The number of aromatic amines is 1. The van der Waals surface area contributed by atoms with Crippen molar-refractivity contribution in [2.24, 2.45) is 5.92 Å². The largest absolute Gasteiger partial charge is 0.348 e. The molecule has 1 fully saturated rings. The Morgan fingerprint density at radius 3 is 2.73 bits per heavy atom. The summed E-state index contributed by atoms with van der Waals surface area (Å²) in [6.07, 6.45) is 0.801. The molecule has 5 nitrogen and oxygen atoms in total. The Hall–Kier alpha value is -2.38. The number of rotatable bonds is 4. The molecule has 2 aromatic rings. The van der Waals surface area contributed by atoms with Crippen LogP contribution in [-0.2, 0) is 0 Å². The van der Waals surface area contributed by atoms with Crippen molar-refractivity contribution in [1.82, 2.24) is 15.5 Å². The molecule has 0 radical (unpaired) electrons. The van der Waals surface area contributed by atoms with Gasteiger partial charge in [0, 0.05) is 18.9 Å². The Kier molecular flexibility index (Phi) is 5.02. The van der Waals surface area contributed by atoms with Gasteiger partial charge in [-0.05, 0) is 37.3 Å². The van der Waals surface area contributed by atoms with Crippen molar-refractivity contribution in [3.63, 3.8) is 0 Å². The van der Waals surface area contributed by atoms with Crippen molar-refractivity contribution in [2.45, 2.75) is 51.0 Å². The highest BCUT2D eigenvalue weighted by molar-refractivity contribution is 5.95. The molecule has 1 aromatic heterocycles. The third kappa shape index (κ3) is 3.59. The van der Waals surface area contributed by atoms with Gasteiger partial charge in [0.15, 0.2) is 5.69 Å². The Labute approximate surface area is 148 Å². The maximum Gasteiger partial charge on any atom is 0.276 e. The molecule has 2 N–H and O–H groups in total. The van der Waals surface area contributed by atoms with E-state index in [2.05, 4.69) is 15.5 Å². The maximum absolute atomic E-state index is 13.7. The fourth-order valence-electron chi connectivity index (χ4n) is 3.53. The highest BCUT2D eigenvalue weighted by Gasteiger charge is 2.37. The molecule has 1 aromatic carbocycles. The van der Waals surface area contributed by atoms with E-state index >= 15 is 0 Å². The predicted octanol–water partition coefficient (Wildman–Crippen LogP) is 3.40. The minimum Gasteiger partial charge on any atom is -0.348 e. The van der Waals surface area contributed by atoms with Gasteiger partial charge in [0.1, 0.15) is 11.3 Å². The lowest BCUT2D eigenvalue weighted by Crippen LogP contribution is -2.44. The lowest BCUT2D eigenvalue weighted by Gasteiger charge is -2.33. The van der Waals surface area contributed by atoms with E-state index in [1.54, 1.807) is 0 Å². The lowest BCUT2D eigenvalue weighted by molar-refractivity contribution is -0.0493. The number of amides is 1. The molecular weight excluding hydrogens is 347 g/mol. The van der Waals surface area contributed by atoms with Gasteiger partial charge in [0.05, 0.1) is 5.39 Å². The zero-order chi connectivity index (χ0) is 18.9. The minimum atomic E-state index is -2.64. The van der Waals surface area contributed by atoms with Gasteiger partial charge in [-0.15, -0.1) is 0 Å². The second-order valence-corrected chi connectivity index (χ2v) is 6.75. The molecular formula is C18H20F3N3O2. The third-order valence-corrected chi connectivity index (χ3v) is 5.06. The molecule has 0 spiro atoms. The van der Waals surface area contributed by atoms with Crippen molar-refractivity contribution >= 4 is 16.8 Å². The van der Waals surface area contributed by atoms with Crippen molar-refractivity contribution in [1.29, 1.82) is 0 Å². The summed E-state index contributed by atoms with van der Waals surface area (Å²) < 4.78 is 40.4. The normalized spacial score (nSPS) is 18.6. The molecule has 8 heteroatoms. The summed E-state index contributed by atoms with van der Waals surface area (Å²) in [5.74, 6) is -4.02. The second kappa shape index (κ2) is 7.09. The van der Waals surface area contributed by atoms with Crippen molar-refractivity contribution in [3.05, 3.63) is 39.9 Å². The average Bonchev–Trinajstić information content (AvgIpc) is 2.61. The minimum absolute atomic E-state index is 0.0375. The quantitative estimate of drug-likeness (QED) is 0.870. The number of hydrogen-bond acceptors (Lipinski definition) is 3. The SMILES string of the molecule is CCC(NC(=O)c1n[nH]c2c(F)cccc2c1=O)C1CCC(F)(F)CC1. The van der Waals surface area contributed by atoms with E-state index in [1.165, 1.54) is 18.2 Å². The van der Waals surface area contributed by atoms with Gasteiger partial charge in [-0.2, -0.15) is 5.10 Å². The number of H-pyrrole nitrogens is 1. The van der Waals surface area contributed by atoms with E-state index in [-0.39, 0.29) is 41.4 Å². The van der Waals surface area contributed by atoms with E-state index in [4.69, 9.17) is 0 Å². The second-order valence-electron chi connectivity index (χ2n) is 6.75. The van der Waals surface area contributed by atoms with Crippen LogP contribution in [0.5, 0.6) is 0 Å². The molecule has 1 aliphatic carbocycles. The van der Waals surface area contributed by atoms with Gasteiger partial charge in [-0.3, -0.25) is 14.7 Å². The molecule has 1 unspecified atom stereocenters. The molecule has 140 valence electrons. The summed E-state index contributed by atoms with van der Waals surface area (Å²) in [5, 5.41) is 8.90. The smallest absolute Gasteiger partial charge is 0.276 e. The summed E-state index contributed by atoms with van der Waals surface area (Å²) in [5.41, 5.74) is -1.08. The van der Waals surface area contributed by atoms with Crippen LogP contribution in [0.25, 0.3) is 10.9 Å². The van der Waals surface area contributed by atoms with E-state index in [9.17, 15) is 22.8 Å².